The van der Waals surface area contributed by atoms with Crippen molar-refractivity contribution in [2.75, 3.05) is 6.61 Å². The van der Waals surface area contributed by atoms with E-state index in [1.807, 2.05) is 0 Å². The molecule has 0 saturated heterocycles. The Bertz CT molecular complexity index is 276. The molecule has 140 valence electrons. The molecular formula is C19H43BrOSi2. The van der Waals surface area contributed by atoms with E-state index >= 15 is 0 Å². The van der Waals surface area contributed by atoms with Crippen molar-refractivity contribution in [2.45, 2.75) is 116 Å². The van der Waals surface area contributed by atoms with Crippen LogP contribution in [0.5, 0.6) is 0 Å². The fraction of sp³-hybridized carbons (Fsp3) is 1.00. The van der Waals surface area contributed by atoms with Gasteiger partial charge in [-0.1, -0.05) is 86.7 Å². The highest BCUT2D eigenvalue weighted by Crippen LogP contribution is 2.42. The maximum Gasteiger partial charge on any atom is 0.200 e. The van der Waals surface area contributed by atoms with Crippen molar-refractivity contribution in [2.24, 2.45) is 0 Å². The maximum atomic E-state index is 6.62. The molecule has 0 amide bonds. The Morgan fingerprint density at radius 3 is 1.48 bits per heavy atom. The van der Waals surface area contributed by atoms with Crippen LogP contribution in [0.3, 0.4) is 0 Å². The molecule has 0 saturated carbocycles. The van der Waals surface area contributed by atoms with Crippen molar-refractivity contribution < 1.29 is 4.43 Å². The molecule has 0 spiro atoms. The van der Waals surface area contributed by atoms with E-state index in [9.17, 15) is 0 Å². The lowest BCUT2D eigenvalue weighted by Crippen LogP contribution is -2.47. The molecule has 0 aromatic carbocycles. The molecule has 0 fully saturated rings. The van der Waals surface area contributed by atoms with E-state index in [0.29, 0.717) is 16.6 Å². The molecule has 0 atom stereocenters. The smallest absolute Gasteiger partial charge is 0.200 e. The lowest BCUT2D eigenvalue weighted by atomic mass is 10.1. The number of hydrogen-bond donors (Lipinski definition) is 0. The third-order valence-corrected chi connectivity index (χ3v) is 14.1. The predicted octanol–water partition coefficient (Wildman–Crippen LogP) is 8.12. The molecule has 0 N–H and O–H groups in total. The Morgan fingerprint density at radius 2 is 1.09 bits per heavy atom. The second-order valence-corrected chi connectivity index (χ2v) is 24.6. The Hall–Kier alpha value is 0.874. The van der Waals surface area contributed by atoms with Gasteiger partial charge in [0.25, 0.3) is 0 Å². The summed E-state index contributed by atoms with van der Waals surface area (Å²) in [4.78, 5) is 0. The van der Waals surface area contributed by atoms with E-state index in [2.05, 4.69) is 69.9 Å². The van der Waals surface area contributed by atoms with Crippen LogP contribution < -0.4 is 0 Å². The van der Waals surface area contributed by atoms with E-state index in [1.165, 1.54) is 44.6 Å². The van der Waals surface area contributed by atoms with Crippen LogP contribution in [0.15, 0.2) is 0 Å². The lowest BCUT2D eigenvalue weighted by molar-refractivity contribution is 0.267. The first-order valence-corrected chi connectivity index (χ1v) is 17.5. The van der Waals surface area contributed by atoms with Crippen LogP contribution in [0.2, 0.25) is 35.8 Å². The lowest BCUT2D eigenvalue weighted by Gasteiger charge is -2.42. The normalized spacial score (nSPS) is 13.6. The quantitative estimate of drug-likeness (QED) is 0.165. The van der Waals surface area contributed by atoms with Gasteiger partial charge < -0.3 is 4.43 Å². The summed E-state index contributed by atoms with van der Waals surface area (Å²) < 4.78 is 6.62. The largest absolute Gasteiger partial charge is 0.416 e. The highest BCUT2D eigenvalue weighted by Gasteiger charge is 2.44. The average molecular weight is 424 g/mol. The van der Waals surface area contributed by atoms with Gasteiger partial charge in [0.15, 0.2) is 8.32 Å². The topological polar surface area (TPSA) is 9.23 Å². The van der Waals surface area contributed by atoms with Gasteiger partial charge in [-0.25, -0.2) is 0 Å². The molecule has 0 aromatic rings. The van der Waals surface area contributed by atoms with Crippen molar-refractivity contribution in [3.63, 3.8) is 0 Å². The van der Waals surface area contributed by atoms with Gasteiger partial charge in [-0.15, -0.1) is 15.3 Å². The Kier molecular flexibility index (Phi) is 11.9. The zero-order valence-electron chi connectivity index (χ0n) is 17.2. The molecule has 0 unspecified atom stereocenters. The van der Waals surface area contributed by atoms with E-state index in [-0.39, 0.29) is 0 Å². The summed E-state index contributed by atoms with van der Waals surface area (Å²) in [6, 6.07) is 1.42. The van der Waals surface area contributed by atoms with E-state index < -0.39 is 15.0 Å². The summed E-state index contributed by atoms with van der Waals surface area (Å²) in [5, 5.41) is 0. The molecule has 23 heavy (non-hydrogen) atoms. The van der Waals surface area contributed by atoms with Gasteiger partial charge in [0.2, 0.25) is 0 Å². The first kappa shape index (κ1) is 23.9. The first-order valence-electron chi connectivity index (χ1n) is 9.87. The van der Waals surface area contributed by atoms with Crippen LogP contribution in [0.1, 0.15) is 80.1 Å². The summed E-state index contributed by atoms with van der Waals surface area (Å²) >= 11 is 3.86. The van der Waals surface area contributed by atoms with Crippen LogP contribution in [0, 0.1) is 0 Å². The number of rotatable bonds is 13. The minimum Gasteiger partial charge on any atom is -0.416 e. The standard InChI is InChI=1S/C19H43BrOSi2/c1-17(2)23(18(3)4,19(5)6)21-15-13-11-9-10-12-14-16-22(7,8)20/h17-19H,9-16H2,1-8H3. The minimum atomic E-state index is -1.63. The van der Waals surface area contributed by atoms with Crippen molar-refractivity contribution in [3.8, 4) is 0 Å². The second-order valence-electron chi connectivity index (χ2n) is 8.76. The molecule has 0 aliphatic heterocycles. The van der Waals surface area contributed by atoms with Gasteiger partial charge in [0.1, 0.15) is 6.69 Å². The molecule has 0 radical (unpaired) electrons. The molecule has 0 aliphatic carbocycles. The summed E-state index contributed by atoms with van der Waals surface area (Å²) in [5.74, 6) is 0. The summed E-state index contributed by atoms with van der Waals surface area (Å²) in [6.07, 6.45) is 8.19. The Morgan fingerprint density at radius 1 is 0.696 bits per heavy atom. The van der Waals surface area contributed by atoms with E-state index in [4.69, 9.17) is 4.43 Å². The van der Waals surface area contributed by atoms with Crippen molar-refractivity contribution in [1.29, 1.82) is 0 Å². The zero-order chi connectivity index (χ0) is 18.1. The molecule has 0 rings (SSSR count). The number of unbranched alkanes of at least 4 members (excludes halogenated alkanes) is 5. The summed E-state index contributed by atoms with van der Waals surface area (Å²) in [7, 11) is -1.63. The van der Waals surface area contributed by atoms with Gasteiger partial charge in [-0.05, 0) is 29.1 Å². The molecule has 0 bridgehead atoms. The van der Waals surface area contributed by atoms with Crippen LogP contribution in [-0.2, 0) is 4.43 Å². The van der Waals surface area contributed by atoms with Crippen LogP contribution in [0.4, 0.5) is 0 Å². The van der Waals surface area contributed by atoms with E-state index in [1.54, 1.807) is 0 Å². The molecule has 0 heterocycles. The van der Waals surface area contributed by atoms with Gasteiger partial charge in [-0.2, -0.15) is 0 Å². The summed E-state index contributed by atoms with van der Waals surface area (Å²) in [5.41, 5.74) is 2.12. The fourth-order valence-corrected chi connectivity index (χ4v) is 11.5. The third-order valence-electron chi connectivity index (χ3n) is 5.22. The molecule has 0 aromatic heterocycles. The SMILES string of the molecule is CC(C)[Si](OCCCCCCCC[Si](C)(C)Br)(C(C)C)C(C)C. The van der Waals surface area contributed by atoms with Crippen LogP contribution in [-0.4, -0.2) is 21.6 Å². The van der Waals surface area contributed by atoms with Crippen LogP contribution in [0.25, 0.3) is 0 Å². The zero-order valence-corrected chi connectivity index (χ0v) is 20.8. The highest BCUT2D eigenvalue weighted by molar-refractivity contribution is 9.26. The van der Waals surface area contributed by atoms with Crippen LogP contribution >= 0.6 is 15.3 Å². The average Bonchev–Trinajstić information content (AvgIpc) is 2.38. The monoisotopic (exact) mass is 422 g/mol. The van der Waals surface area contributed by atoms with Gasteiger partial charge in [0, 0.05) is 6.61 Å². The second kappa shape index (κ2) is 11.5. The fourth-order valence-electron chi connectivity index (χ4n) is 4.10. The maximum absolute atomic E-state index is 6.62. The van der Waals surface area contributed by atoms with Crippen molar-refractivity contribution in [1.82, 2.24) is 0 Å². The molecule has 4 heteroatoms. The van der Waals surface area contributed by atoms with Gasteiger partial charge in [0.05, 0.1) is 0 Å². The molecule has 0 aliphatic rings. The third kappa shape index (κ3) is 9.22. The molecular weight excluding hydrogens is 380 g/mol. The molecule has 1 nitrogen and oxygen atoms in total. The van der Waals surface area contributed by atoms with Gasteiger partial charge >= 0.3 is 0 Å². The number of hydrogen-bond acceptors (Lipinski definition) is 1. The minimum absolute atomic E-state index is 0.708. The van der Waals surface area contributed by atoms with Crippen molar-refractivity contribution in [3.05, 3.63) is 0 Å². The summed E-state index contributed by atoms with van der Waals surface area (Å²) in [6.45, 7) is 19.1. The van der Waals surface area contributed by atoms with Gasteiger partial charge in [-0.3, -0.25) is 0 Å². The Labute approximate surface area is 157 Å². The predicted molar refractivity (Wildman–Crippen MR) is 116 cm³/mol. The first-order chi connectivity index (χ1) is 10.5. The highest BCUT2D eigenvalue weighted by atomic mass is 79.9. The number of halogens is 1. The van der Waals surface area contributed by atoms with E-state index in [0.717, 1.165) is 6.61 Å². The van der Waals surface area contributed by atoms with Crippen molar-refractivity contribution >= 4 is 30.3 Å². The Balaban J connectivity index is 3.92.